The van der Waals surface area contributed by atoms with Crippen LogP contribution in [0.5, 0.6) is 0 Å². The Morgan fingerprint density at radius 2 is 2.00 bits per heavy atom. The standard InChI is InChI=1S/C17H19FN4O3/c18-12-4-2-11(3-5-12)14(23)16(25)19-10-17(7-1-8-17)21-15(24)13-6-9-20-22-13/h2-6,9,14,23H,1,7-8,10H2,(H,19,25)(H,20,22)(H,21,24). The lowest BCUT2D eigenvalue weighted by atomic mass is 9.76. The molecule has 132 valence electrons. The third-order valence-corrected chi connectivity index (χ3v) is 4.47. The molecule has 2 aromatic rings. The molecule has 0 aliphatic heterocycles. The maximum absolute atomic E-state index is 12.9. The number of benzene rings is 1. The summed E-state index contributed by atoms with van der Waals surface area (Å²) in [6, 6.07) is 6.66. The van der Waals surface area contributed by atoms with Crippen molar-refractivity contribution in [1.29, 1.82) is 0 Å². The fraction of sp³-hybridized carbons (Fsp3) is 0.353. The lowest BCUT2D eigenvalue weighted by Gasteiger charge is -2.42. The van der Waals surface area contributed by atoms with Gasteiger partial charge >= 0.3 is 0 Å². The number of aromatic amines is 1. The summed E-state index contributed by atoms with van der Waals surface area (Å²) in [5.41, 5.74) is 0.132. The first-order chi connectivity index (χ1) is 12.0. The van der Waals surface area contributed by atoms with Crippen LogP contribution >= 0.6 is 0 Å². The molecular weight excluding hydrogens is 327 g/mol. The predicted octanol–water partition coefficient (Wildman–Crippen LogP) is 1.05. The number of hydrogen-bond donors (Lipinski definition) is 4. The second-order valence-electron chi connectivity index (χ2n) is 6.23. The maximum atomic E-state index is 12.9. The molecule has 1 fully saturated rings. The Morgan fingerprint density at radius 1 is 1.28 bits per heavy atom. The summed E-state index contributed by atoms with van der Waals surface area (Å²) < 4.78 is 12.9. The molecule has 1 aliphatic rings. The molecule has 1 aromatic carbocycles. The van der Waals surface area contributed by atoms with Gasteiger partial charge in [-0.3, -0.25) is 14.7 Å². The normalized spacial score (nSPS) is 16.6. The molecule has 4 N–H and O–H groups in total. The molecule has 1 atom stereocenters. The van der Waals surface area contributed by atoms with Gasteiger partial charge in [0.15, 0.2) is 6.10 Å². The van der Waals surface area contributed by atoms with Crippen LogP contribution in [-0.2, 0) is 4.79 Å². The van der Waals surface area contributed by atoms with Gasteiger partial charge in [0.25, 0.3) is 11.8 Å². The Kier molecular flexibility index (Phi) is 4.80. The molecule has 7 nitrogen and oxygen atoms in total. The van der Waals surface area contributed by atoms with E-state index in [-0.39, 0.29) is 12.5 Å². The average molecular weight is 346 g/mol. The Morgan fingerprint density at radius 3 is 2.56 bits per heavy atom. The summed E-state index contributed by atoms with van der Waals surface area (Å²) in [5, 5.41) is 22.0. The minimum Gasteiger partial charge on any atom is -0.378 e. The van der Waals surface area contributed by atoms with Crippen LogP contribution in [0, 0.1) is 5.82 Å². The number of aliphatic hydroxyl groups is 1. The highest BCUT2D eigenvalue weighted by molar-refractivity contribution is 5.92. The van der Waals surface area contributed by atoms with Gasteiger partial charge in [0.05, 0.1) is 5.54 Å². The van der Waals surface area contributed by atoms with Crippen molar-refractivity contribution in [3.63, 3.8) is 0 Å². The number of nitrogens with one attached hydrogen (secondary N) is 3. The molecule has 3 rings (SSSR count). The number of halogens is 1. The van der Waals surface area contributed by atoms with Crippen LogP contribution in [-0.4, -0.2) is 39.2 Å². The van der Waals surface area contributed by atoms with Crippen LogP contribution in [0.15, 0.2) is 36.5 Å². The third-order valence-electron chi connectivity index (χ3n) is 4.47. The lowest BCUT2D eigenvalue weighted by molar-refractivity contribution is -0.130. The number of aliphatic hydroxyl groups excluding tert-OH is 1. The van der Waals surface area contributed by atoms with E-state index in [0.29, 0.717) is 11.3 Å². The molecule has 0 bridgehead atoms. The largest absolute Gasteiger partial charge is 0.378 e. The predicted molar refractivity (Wildman–Crippen MR) is 87.0 cm³/mol. The quantitative estimate of drug-likeness (QED) is 0.627. The van der Waals surface area contributed by atoms with Crippen LogP contribution < -0.4 is 10.6 Å². The fourth-order valence-electron chi connectivity index (χ4n) is 2.79. The summed E-state index contributed by atoms with van der Waals surface area (Å²) in [5.74, 6) is -1.31. The number of H-pyrrole nitrogens is 1. The minimum atomic E-state index is -1.39. The van der Waals surface area contributed by atoms with Crippen molar-refractivity contribution in [3.8, 4) is 0 Å². The summed E-state index contributed by atoms with van der Waals surface area (Å²) in [6.45, 7) is 0.212. The summed E-state index contributed by atoms with van der Waals surface area (Å²) in [6.07, 6.45) is 2.52. The molecule has 1 heterocycles. The minimum absolute atomic E-state index is 0.212. The van der Waals surface area contributed by atoms with Gasteiger partial charge in [-0.1, -0.05) is 12.1 Å². The van der Waals surface area contributed by atoms with E-state index in [1.165, 1.54) is 30.5 Å². The van der Waals surface area contributed by atoms with Crippen LogP contribution in [0.2, 0.25) is 0 Å². The van der Waals surface area contributed by atoms with Gasteiger partial charge in [0.1, 0.15) is 11.5 Å². The lowest BCUT2D eigenvalue weighted by Crippen LogP contribution is -2.60. The van der Waals surface area contributed by atoms with Crippen molar-refractivity contribution in [2.24, 2.45) is 0 Å². The van der Waals surface area contributed by atoms with E-state index >= 15 is 0 Å². The first-order valence-corrected chi connectivity index (χ1v) is 8.02. The Bertz CT molecular complexity index is 742. The molecule has 0 radical (unpaired) electrons. The number of aromatic nitrogens is 2. The number of nitrogens with zero attached hydrogens (tertiary/aromatic N) is 1. The molecule has 8 heteroatoms. The number of carbonyl (C=O) groups is 2. The molecule has 2 amide bonds. The van der Waals surface area contributed by atoms with E-state index in [2.05, 4.69) is 20.8 Å². The van der Waals surface area contributed by atoms with Gasteiger partial charge in [-0.15, -0.1) is 0 Å². The van der Waals surface area contributed by atoms with E-state index in [9.17, 15) is 19.1 Å². The van der Waals surface area contributed by atoms with Crippen LogP contribution in [0.25, 0.3) is 0 Å². The summed E-state index contributed by atoms with van der Waals surface area (Å²) in [7, 11) is 0. The maximum Gasteiger partial charge on any atom is 0.269 e. The highest BCUT2D eigenvalue weighted by atomic mass is 19.1. The van der Waals surface area contributed by atoms with Gasteiger partial charge in [0, 0.05) is 12.7 Å². The molecule has 0 spiro atoms. The highest BCUT2D eigenvalue weighted by Crippen LogP contribution is 2.31. The zero-order valence-electron chi connectivity index (χ0n) is 13.5. The van der Waals surface area contributed by atoms with Gasteiger partial charge in [0.2, 0.25) is 0 Å². The monoisotopic (exact) mass is 346 g/mol. The fourth-order valence-corrected chi connectivity index (χ4v) is 2.79. The van der Waals surface area contributed by atoms with E-state index < -0.39 is 23.4 Å². The van der Waals surface area contributed by atoms with Crippen molar-refractivity contribution < 1.29 is 19.1 Å². The number of rotatable bonds is 6. The Hall–Kier alpha value is -2.74. The van der Waals surface area contributed by atoms with Crippen molar-refractivity contribution in [2.45, 2.75) is 30.9 Å². The SMILES string of the molecule is O=C(NC1(CNC(=O)C(O)c2ccc(F)cc2)CCC1)c1ccn[nH]1. The Balaban J connectivity index is 1.57. The molecule has 1 saturated carbocycles. The van der Waals surface area contributed by atoms with E-state index in [4.69, 9.17) is 0 Å². The Labute approximate surface area is 143 Å². The molecule has 25 heavy (non-hydrogen) atoms. The average Bonchev–Trinajstić information content (AvgIpc) is 3.11. The van der Waals surface area contributed by atoms with Crippen molar-refractivity contribution in [2.75, 3.05) is 6.54 Å². The molecular formula is C17H19FN4O3. The van der Waals surface area contributed by atoms with E-state index in [1.54, 1.807) is 6.07 Å². The van der Waals surface area contributed by atoms with Crippen LogP contribution in [0.4, 0.5) is 4.39 Å². The number of amides is 2. The van der Waals surface area contributed by atoms with Gasteiger partial charge in [-0.2, -0.15) is 5.10 Å². The van der Waals surface area contributed by atoms with Crippen molar-refractivity contribution in [1.82, 2.24) is 20.8 Å². The second-order valence-corrected chi connectivity index (χ2v) is 6.23. The first-order valence-electron chi connectivity index (χ1n) is 8.02. The topological polar surface area (TPSA) is 107 Å². The van der Waals surface area contributed by atoms with Gasteiger partial charge in [-0.05, 0) is 43.0 Å². The van der Waals surface area contributed by atoms with Crippen molar-refractivity contribution >= 4 is 11.8 Å². The second kappa shape index (κ2) is 7.02. The first kappa shape index (κ1) is 17.1. The van der Waals surface area contributed by atoms with Crippen molar-refractivity contribution in [3.05, 3.63) is 53.6 Å². The molecule has 1 aromatic heterocycles. The van der Waals surface area contributed by atoms with Gasteiger partial charge < -0.3 is 15.7 Å². The van der Waals surface area contributed by atoms with Crippen LogP contribution in [0.1, 0.15) is 41.4 Å². The number of carbonyl (C=O) groups excluding carboxylic acids is 2. The summed E-state index contributed by atoms with van der Waals surface area (Å²) >= 11 is 0. The highest BCUT2D eigenvalue weighted by Gasteiger charge is 2.39. The third kappa shape index (κ3) is 3.85. The molecule has 0 saturated heterocycles. The van der Waals surface area contributed by atoms with E-state index in [0.717, 1.165) is 19.3 Å². The zero-order chi connectivity index (χ0) is 17.9. The van der Waals surface area contributed by atoms with Crippen LogP contribution in [0.3, 0.4) is 0 Å². The molecule has 1 aliphatic carbocycles. The summed E-state index contributed by atoms with van der Waals surface area (Å²) in [4.78, 5) is 24.3. The van der Waals surface area contributed by atoms with Gasteiger partial charge in [-0.25, -0.2) is 4.39 Å². The smallest absolute Gasteiger partial charge is 0.269 e. The zero-order valence-corrected chi connectivity index (χ0v) is 13.5. The number of hydrogen-bond acceptors (Lipinski definition) is 4. The molecule has 1 unspecified atom stereocenters. The van der Waals surface area contributed by atoms with E-state index in [1.807, 2.05) is 0 Å².